The third kappa shape index (κ3) is 7.99. The SMILES string of the molecule is CCC1(CNC(=NC)NC(C)CCS(C)(=O)=O)CCCC1.I. The molecule has 0 aromatic carbocycles. The Morgan fingerprint density at radius 2 is 1.91 bits per heavy atom. The molecule has 7 heteroatoms. The molecule has 0 aromatic heterocycles. The average molecular weight is 445 g/mol. The van der Waals surface area contributed by atoms with Gasteiger partial charge < -0.3 is 10.6 Å². The van der Waals surface area contributed by atoms with E-state index in [1.54, 1.807) is 7.05 Å². The van der Waals surface area contributed by atoms with Crippen molar-refractivity contribution < 1.29 is 8.42 Å². The number of guanidine groups is 1. The number of halogens is 1. The van der Waals surface area contributed by atoms with Gasteiger partial charge in [-0.2, -0.15) is 0 Å². The van der Waals surface area contributed by atoms with Gasteiger partial charge in [-0.25, -0.2) is 8.42 Å². The van der Waals surface area contributed by atoms with E-state index in [-0.39, 0.29) is 35.8 Å². The molecule has 1 saturated carbocycles. The molecule has 0 radical (unpaired) electrons. The van der Waals surface area contributed by atoms with Crippen molar-refractivity contribution >= 4 is 39.8 Å². The predicted octanol–water partition coefficient (Wildman–Crippen LogP) is 2.56. The lowest BCUT2D eigenvalue weighted by Gasteiger charge is -2.29. The van der Waals surface area contributed by atoms with Gasteiger partial charge in [0, 0.05) is 25.9 Å². The number of aliphatic imine (C=N–C) groups is 1. The first-order valence-electron chi connectivity index (χ1n) is 7.95. The number of hydrogen-bond acceptors (Lipinski definition) is 3. The summed E-state index contributed by atoms with van der Waals surface area (Å²) in [6.45, 7) is 5.20. The van der Waals surface area contributed by atoms with Crippen molar-refractivity contribution in [2.24, 2.45) is 10.4 Å². The summed E-state index contributed by atoms with van der Waals surface area (Å²) in [5.41, 5.74) is 0.410. The van der Waals surface area contributed by atoms with Crippen LogP contribution in [-0.4, -0.2) is 46.0 Å². The molecular weight excluding hydrogens is 413 g/mol. The molecule has 1 fully saturated rings. The van der Waals surface area contributed by atoms with Gasteiger partial charge in [0.05, 0.1) is 5.75 Å². The largest absolute Gasteiger partial charge is 0.356 e. The van der Waals surface area contributed by atoms with Crippen LogP contribution in [0.2, 0.25) is 0 Å². The van der Waals surface area contributed by atoms with Crippen LogP contribution in [-0.2, 0) is 9.84 Å². The van der Waals surface area contributed by atoms with E-state index in [2.05, 4.69) is 22.5 Å². The van der Waals surface area contributed by atoms with E-state index in [1.807, 2.05) is 6.92 Å². The molecule has 0 spiro atoms. The van der Waals surface area contributed by atoms with E-state index >= 15 is 0 Å². The van der Waals surface area contributed by atoms with Crippen molar-refractivity contribution in [3.05, 3.63) is 0 Å². The van der Waals surface area contributed by atoms with Crippen LogP contribution in [0, 0.1) is 5.41 Å². The summed E-state index contributed by atoms with van der Waals surface area (Å²) in [7, 11) is -1.15. The van der Waals surface area contributed by atoms with Gasteiger partial charge in [0.15, 0.2) is 5.96 Å². The molecule has 2 N–H and O–H groups in total. The Kier molecular flexibility index (Phi) is 9.93. The van der Waals surface area contributed by atoms with Crippen molar-refractivity contribution in [2.45, 2.75) is 58.4 Å². The zero-order chi connectivity index (χ0) is 15.9. The molecule has 1 unspecified atom stereocenters. The van der Waals surface area contributed by atoms with Crippen LogP contribution in [0.15, 0.2) is 4.99 Å². The van der Waals surface area contributed by atoms with Crippen molar-refractivity contribution in [3.63, 3.8) is 0 Å². The Hall–Kier alpha value is -0.0500. The molecule has 1 atom stereocenters. The zero-order valence-electron chi connectivity index (χ0n) is 14.3. The molecule has 0 aliphatic heterocycles. The molecule has 5 nitrogen and oxygen atoms in total. The van der Waals surface area contributed by atoms with Crippen molar-refractivity contribution in [1.29, 1.82) is 0 Å². The predicted molar refractivity (Wildman–Crippen MR) is 105 cm³/mol. The quantitative estimate of drug-likeness (QED) is 0.359. The third-order valence-electron chi connectivity index (χ3n) is 4.57. The minimum absolute atomic E-state index is 0. The number of rotatable bonds is 7. The van der Waals surface area contributed by atoms with Gasteiger partial charge in [-0.1, -0.05) is 19.8 Å². The highest BCUT2D eigenvalue weighted by Crippen LogP contribution is 2.40. The fourth-order valence-corrected chi connectivity index (χ4v) is 3.72. The Morgan fingerprint density at radius 1 is 1.32 bits per heavy atom. The van der Waals surface area contributed by atoms with E-state index in [4.69, 9.17) is 0 Å². The second-order valence-corrected chi connectivity index (χ2v) is 8.71. The van der Waals surface area contributed by atoms with Crippen LogP contribution in [0.25, 0.3) is 0 Å². The molecule has 0 bridgehead atoms. The maximum Gasteiger partial charge on any atom is 0.191 e. The molecule has 1 rings (SSSR count). The molecule has 132 valence electrons. The first kappa shape index (κ1) is 21.9. The lowest BCUT2D eigenvalue weighted by Crippen LogP contribution is -2.46. The van der Waals surface area contributed by atoms with Gasteiger partial charge >= 0.3 is 0 Å². The Morgan fingerprint density at radius 3 is 2.36 bits per heavy atom. The highest BCUT2D eigenvalue weighted by molar-refractivity contribution is 14.0. The summed E-state index contributed by atoms with van der Waals surface area (Å²) in [4.78, 5) is 4.24. The summed E-state index contributed by atoms with van der Waals surface area (Å²) in [6.07, 6.45) is 8.30. The number of nitrogens with zero attached hydrogens (tertiary/aromatic N) is 1. The third-order valence-corrected chi connectivity index (χ3v) is 5.55. The topological polar surface area (TPSA) is 70.6 Å². The van der Waals surface area contributed by atoms with Crippen molar-refractivity contribution in [2.75, 3.05) is 25.6 Å². The fraction of sp³-hybridized carbons (Fsp3) is 0.933. The maximum absolute atomic E-state index is 11.2. The molecular formula is C15H32IN3O2S. The highest BCUT2D eigenvalue weighted by Gasteiger charge is 2.31. The van der Waals surface area contributed by atoms with E-state index in [0.29, 0.717) is 11.8 Å². The van der Waals surface area contributed by atoms with E-state index < -0.39 is 9.84 Å². The van der Waals surface area contributed by atoms with Gasteiger partial charge in [0.25, 0.3) is 0 Å². The normalized spacial score (nSPS) is 19.4. The lowest BCUT2D eigenvalue weighted by atomic mass is 9.83. The van der Waals surface area contributed by atoms with Gasteiger partial charge in [-0.3, -0.25) is 4.99 Å². The Labute approximate surface area is 153 Å². The summed E-state index contributed by atoms with van der Waals surface area (Å²) >= 11 is 0. The Bertz CT molecular complexity index is 446. The fourth-order valence-electron chi connectivity index (χ4n) is 2.94. The molecule has 0 amide bonds. The minimum atomic E-state index is -2.90. The number of sulfone groups is 1. The highest BCUT2D eigenvalue weighted by atomic mass is 127. The summed E-state index contributed by atoms with van der Waals surface area (Å²) in [6, 6.07) is 0.0899. The van der Waals surface area contributed by atoms with Crippen molar-refractivity contribution in [1.82, 2.24) is 10.6 Å². The lowest BCUT2D eigenvalue weighted by molar-refractivity contribution is 0.283. The maximum atomic E-state index is 11.2. The molecule has 22 heavy (non-hydrogen) atoms. The van der Waals surface area contributed by atoms with Gasteiger partial charge in [-0.05, 0) is 38.0 Å². The standard InChI is InChI=1S/C15H31N3O2S.HI/c1-5-15(9-6-7-10-15)12-17-14(16-3)18-13(2)8-11-21(4,19)20;/h13H,5-12H2,1-4H3,(H2,16,17,18);1H. The van der Waals surface area contributed by atoms with Crippen LogP contribution >= 0.6 is 24.0 Å². The second kappa shape index (κ2) is 9.95. The minimum Gasteiger partial charge on any atom is -0.356 e. The summed E-state index contributed by atoms with van der Waals surface area (Å²) < 4.78 is 22.4. The van der Waals surface area contributed by atoms with Crippen LogP contribution < -0.4 is 10.6 Å². The smallest absolute Gasteiger partial charge is 0.191 e. The first-order valence-corrected chi connectivity index (χ1v) is 10.0. The van der Waals surface area contributed by atoms with E-state index in [0.717, 1.165) is 12.5 Å². The van der Waals surface area contributed by atoms with Crippen LogP contribution in [0.1, 0.15) is 52.4 Å². The number of hydrogen-bond donors (Lipinski definition) is 2. The molecule has 0 saturated heterocycles. The molecule has 0 aromatic rings. The summed E-state index contributed by atoms with van der Waals surface area (Å²) in [5.74, 6) is 0.979. The van der Waals surface area contributed by atoms with Gasteiger partial charge in [-0.15, -0.1) is 24.0 Å². The average Bonchev–Trinajstić information content (AvgIpc) is 2.90. The van der Waals surface area contributed by atoms with Crippen LogP contribution in [0.4, 0.5) is 0 Å². The van der Waals surface area contributed by atoms with E-state index in [9.17, 15) is 8.42 Å². The van der Waals surface area contributed by atoms with Gasteiger partial charge in [0.2, 0.25) is 0 Å². The monoisotopic (exact) mass is 445 g/mol. The second-order valence-electron chi connectivity index (χ2n) is 6.45. The molecule has 1 aliphatic carbocycles. The first-order chi connectivity index (χ1) is 9.80. The van der Waals surface area contributed by atoms with Gasteiger partial charge in [0.1, 0.15) is 9.84 Å². The molecule has 1 aliphatic rings. The van der Waals surface area contributed by atoms with E-state index in [1.165, 1.54) is 38.4 Å². The number of nitrogens with one attached hydrogen (secondary N) is 2. The zero-order valence-corrected chi connectivity index (χ0v) is 17.5. The van der Waals surface area contributed by atoms with Crippen LogP contribution in [0.5, 0.6) is 0 Å². The van der Waals surface area contributed by atoms with Crippen molar-refractivity contribution in [3.8, 4) is 0 Å². The summed E-state index contributed by atoms with van der Waals surface area (Å²) in [5, 5.41) is 6.70. The van der Waals surface area contributed by atoms with Crippen LogP contribution in [0.3, 0.4) is 0 Å². The molecule has 0 heterocycles. The Balaban J connectivity index is 0.00000441.